The molecule has 2 aromatic rings. The van der Waals surface area contributed by atoms with E-state index in [-0.39, 0.29) is 34.9 Å². The summed E-state index contributed by atoms with van der Waals surface area (Å²) in [6.45, 7) is 0. The van der Waals surface area contributed by atoms with Crippen molar-refractivity contribution in [2.75, 3.05) is 0 Å². The van der Waals surface area contributed by atoms with E-state index < -0.39 is 54.4 Å². The molecule has 2 atom stereocenters. The molecule has 0 amide bonds. The zero-order valence-corrected chi connectivity index (χ0v) is 29.3. The van der Waals surface area contributed by atoms with Crippen LogP contribution in [0.25, 0.3) is 0 Å². The van der Waals surface area contributed by atoms with Crippen LogP contribution in [0.4, 0.5) is 26.3 Å². The molecule has 4 bridgehead atoms. The molecule has 0 aromatic heterocycles. The zero-order chi connectivity index (χ0) is 26.2. The van der Waals surface area contributed by atoms with Gasteiger partial charge in [0.05, 0.1) is 3.57 Å². The van der Waals surface area contributed by atoms with Crippen molar-refractivity contribution in [1.82, 2.24) is 0 Å². The molecule has 0 N–H and O–H groups in total. The third kappa shape index (κ3) is 4.65. The van der Waals surface area contributed by atoms with Crippen LogP contribution in [0.5, 0.6) is 0 Å². The summed E-state index contributed by atoms with van der Waals surface area (Å²) in [5.41, 5.74) is -1.70. The van der Waals surface area contributed by atoms with Crippen molar-refractivity contribution in [1.29, 1.82) is 0 Å². The molecule has 6 rings (SSSR count). The summed E-state index contributed by atoms with van der Waals surface area (Å²) in [6, 6.07) is 0. The van der Waals surface area contributed by atoms with Crippen molar-refractivity contribution in [3.63, 3.8) is 0 Å². The summed E-state index contributed by atoms with van der Waals surface area (Å²) in [7, 11) is 0. The predicted octanol–water partition coefficient (Wildman–Crippen LogP) is 7.12. The second-order valence-electron chi connectivity index (χ2n) is 10.0. The van der Waals surface area contributed by atoms with Gasteiger partial charge in [-0.25, -0.2) is 8.78 Å². The minimum atomic E-state index is -1.69. The van der Waals surface area contributed by atoms with E-state index in [0.717, 1.165) is 32.1 Å². The molecule has 4 aliphatic carbocycles. The van der Waals surface area contributed by atoms with Crippen LogP contribution in [0.3, 0.4) is 0 Å². The second kappa shape index (κ2) is 10.0. The van der Waals surface area contributed by atoms with Crippen LogP contribution in [-0.2, 0) is 0 Å². The van der Waals surface area contributed by atoms with Gasteiger partial charge >= 0.3 is 175 Å². The molecule has 4 saturated carbocycles. The number of rotatable bonds is 0. The third-order valence-corrected chi connectivity index (χ3v) is 14.7. The van der Waals surface area contributed by atoms with Gasteiger partial charge in [0.1, 0.15) is 0 Å². The quantitative estimate of drug-likeness (QED) is 0.0660. The molecule has 0 aliphatic heterocycles. The molecule has 2 aromatic carbocycles. The average molecular weight is 1030 g/mol. The summed E-state index contributed by atoms with van der Waals surface area (Å²) in [6.07, 6.45) is 4.64. The van der Waals surface area contributed by atoms with E-state index in [2.05, 4.69) is 23.7 Å². The van der Waals surface area contributed by atoms with Crippen molar-refractivity contribution < 1.29 is 26.3 Å². The standard InChI is InChI=1S/C26H14F6I3.Tl/c27-16-6-17(28)20(31)18(29)14(16)1-3-25-7-12-5-13(8-25)10-26(9-12,11-25)4-2-15-19(30)21(32)23(34)24(35)22(15)33;/h12-13H,5,7-11H2;. The van der Waals surface area contributed by atoms with Gasteiger partial charge in [0, 0.05) is 3.57 Å². The Bertz CT molecular complexity index is 1270. The Labute approximate surface area is 261 Å². The van der Waals surface area contributed by atoms with E-state index in [9.17, 15) is 26.3 Å². The topological polar surface area (TPSA) is 0 Å². The Morgan fingerprint density at radius 1 is 0.611 bits per heavy atom. The third-order valence-electron chi connectivity index (χ3n) is 7.47. The summed E-state index contributed by atoms with van der Waals surface area (Å²) in [5.74, 6) is 4.69. The number of hydrogen-bond acceptors (Lipinski definition) is 0. The van der Waals surface area contributed by atoms with Crippen LogP contribution < -0.4 is 3.12 Å². The number of benzene rings is 2. The van der Waals surface area contributed by atoms with Crippen LogP contribution in [0.15, 0.2) is 0 Å². The van der Waals surface area contributed by atoms with Gasteiger partial charge in [-0.15, -0.1) is 0 Å². The van der Waals surface area contributed by atoms with E-state index >= 15 is 0 Å². The average Bonchev–Trinajstić information content (AvgIpc) is 2.83. The fourth-order valence-electron chi connectivity index (χ4n) is 6.42. The maximum absolute atomic E-state index is 14.8. The van der Waals surface area contributed by atoms with Crippen molar-refractivity contribution >= 4 is 96.7 Å². The van der Waals surface area contributed by atoms with Gasteiger partial charge in [-0.05, 0) is 67.8 Å². The first-order valence-corrected chi connectivity index (χ1v) is 16.5. The zero-order valence-electron chi connectivity index (χ0n) is 18.4. The SMILES string of the molecule is Fc1c(F)[c]([Tl])c(F)c(C#CC23CC4CC(C2)CC(C#Cc2c(F)c(F)c(I)c(I)c2I)(C4)C3)c1F. The number of hydrogen-bond donors (Lipinski definition) is 0. The van der Waals surface area contributed by atoms with Gasteiger partial charge < -0.3 is 0 Å². The first-order valence-electron chi connectivity index (χ1n) is 11.1. The van der Waals surface area contributed by atoms with Crippen molar-refractivity contribution in [2.24, 2.45) is 22.7 Å². The molecule has 184 valence electrons. The van der Waals surface area contributed by atoms with E-state index in [1.807, 2.05) is 45.2 Å². The molecule has 0 nitrogen and oxygen atoms in total. The molecule has 36 heavy (non-hydrogen) atoms. The van der Waals surface area contributed by atoms with Gasteiger partial charge in [-0.3, -0.25) is 0 Å². The molecule has 10 heteroatoms. The Morgan fingerprint density at radius 2 is 1.11 bits per heavy atom. The first kappa shape index (κ1) is 27.8. The van der Waals surface area contributed by atoms with Crippen LogP contribution in [0, 0.1) is 92.0 Å². The molecule has 0 heterocycles. The second-order valence-corrected chi connectivity index (χ2v) is 15.5. The summed E-state index contributed by atoms with van der Waals surface area (Å²) >= 11 is 5.38. The van der Waals surface area contributed by atoms with E-state index in [4.69, 9.17) is 0 Å². The Morgan fingerprint density at radius 3 is 1.67 bits per heavy atom. The Kier molecular flexibility index (Phi) is 7.74. The van der Waals surface area contributed by atoms with Gasteiger partial charge in [-0.2, -0.15) is 0 Å². The normalized spacial score (nSPS) is 27.9. The van der Waals surface area contributed by atoms with Gasteiger partial charge in [-0.1, -0.05) is 0 Å². The molecule has 4 aliphatic rings. The molecular formula is C26H14F6I3Tl. The van der Waals surface area contributed by atoms with Crippen molar-refractivity contribution in [3.05, 3.63) is 56.7 Å². The van der Waals surface area contributed by atoms with Crippen LogP contribution >= 0.6 is 67.8 Å². The van der Waals surface area contributed by atoms with Gasteiger partial charge in [0.25, 0.3) is 0 Å². The van der Waals surface area contributed by atoms with E-state index in [0.29, 0.717) is 25.4 Å². The molecule has 2 unspecified atom stereocenters. The monoisotopic (exact) mass is 1030 g/mol. The summed E-state index contributed by atoms with van der Waals surface area (Å²) in [5, 5.41) is 0. The van der Waals surface area contributed by atoms with E-state index in [1.54, 1.807) is 22.6 Å². The molecule has 0 spiro atoms. The number of halogens is 9. The molecule has 4 fully saturated rings. The minimum absolute atomic E-state index is 0.0419. The van der Waals surface area contributed by atoms with Gasteiger partial charge in [0.2, 0.25) is 0 Å². The van der Waals surface area contributed by atoms with Crippen molar-refractivity contribution in [2.45, 2.75) is 38.5 Å². The fraction of sp³-hybridized carbons (Fsp3) is 0.385. The van der Waals surface area contributed by atoms with Crippen LogP contribution in [0.1, 0.15) is 49.7 Å². The van der Waals surface area contributed by atoms with Crippen molar-refractivity contribution in [3.8, 4) is 23.7 Å². The molecular weight excluding hydrogens is 1010 g/mol. The summed E-state index contributed by atoms with van der Waals surface area (Å²) in [4.78, 5) is 0. The predicted molar refractivity (Wildman–Crippen MR) is 149 cm³/mol. The first-order chi connectivity index (χ1) is 16.9. The Balaban J connectivity index is 1.55. The fourth-order valence-corrected chi connectivity index (χ4v) is 9.65. The molecule has 0 radical (unpaired) electrons. The summed E-state index contributed by atoms with van der Waals surface area (Å²) < 4.78 is 86.8. The van der Waals surface area contributed by atoms with E-state index in [1.165, 1.54) is 0 Å². The van der Waals surface area contributed by atoms with Crippen LogP contribution in [-0.4, -0.2) is 25.8 Å². The van der Waals surface area contributed by atoms with Gasteiger partial charge in [0.15, 0.2) is 5.82 Å². The molecule has 0 saturated heterocycles. The maximum atomic E-state index is 14.8. The van der Waals surface area contributed by atoms with Crippen LogP contribution in [0.2, 0.25) is 0 Å². The Hall–Kier alpha value is 0.252.